The lowest BCUT2D eigenvalue weighted by Gasteiger charge is -2.39. The Kier molecular flexibility index (Phi) is 25.9. The summed E-state index contributed by atoms with van der Waals surface area (Å²) >= 11 is 0. The summed E-state index contributed by atoms with van der Waals surface area (Å²) in [5.74, 6) is 0. The molecule has 0 aromatic heterocycles. The highest BCUT2D eigenvalue weighted by Crippen LogP contribution is 2.19. The minimum absolute atomic E-state index is 0. The molecule has 0 aromatic carbocycles. The molecule has 0 saturated carbocycles. The molecule has 0 aliphatic rings. The molecular formula is C26H56BrN. The van der Waals surface area contributed by atoms with E-state index in [1.54, 1.807) is 0 Å². The van der Waals surface area contributed by atoms with Gasteiger partial charge in [0.15, 0.2) is 0 Å². The van der Waals surface area contributed by atoms with Gasteiger partial charge in [0.1, 0.15) is 0 Å². The lowest BCUT2D eigenvalue weighted by molar-refractivity contribution is -0.929. The molecule has 0 aliphatic heterocycles. The lowest BCUT2D eigenvalue weighted by atomic mass is 10.1. The monoisotopic (exact) mass is 461 g/mol. The predicted octanol–water partition coefficient (Wildman–Crippen LogP) is 5.91. The van der Waals surface area contributed by atoms with Gasteiger partial charge >= 0.3 is 0 Å². The molecule has 0 amide bonds. The zero-order valence-electron chi connectivity index (χ0n) is 20.4. The van der Waals surface area contributed by atoms with Gasteiger partial charge < -0.3 is 21.5 Å². The van der Waals surface area contributed by atoms with Gasteiger partial charge in [-0.15, -0.1) is 0 Å². The molecule has 0 unspecified atom stereocenters. The molecule has 1 nitrogen and oxygen atoms in total. The molecule has 0 aliphatic carbocycles. The average Bonchev–Trinajstić information content (AvgIpc) is 2.69. The van der Waals surface area contributed by atoms with Crippen molar-refractivity contribution in [2.45, 2.75) is 143 Å². The maximum absolute atomic E-state index is 2.37. The van der Waals surface area contributed by atoms with Crippen LogP contribution in [0.5, 0.6) is 0 Å². The van der Waals surface area contributed by atoms with E-state index in [1.165, 1.54) is 146 Å². The van der Waals surface area contributed by atoms with Gasteiger partial charge in [0.25, 0.3) is 0 Å². The van der Waals surface area contributed by atoms with Crippen LogP contribution in [0, 0.1) is 0 Å². The number of hydrogen-bond donors (Lipinski definition) is 0. The van der Waals surface area contributed by atoms with Gasteiger partial charge in [0, 0.05) is 0 Å². The number of quaternary nitrogens is 1. The first kappa shape index (κ1) is 30.6. The normalized spacial score (nSPS) is 11.6. The van der Waals surface area contributed by atoms with Crippen molar-refractivity contribution in [3.05, 3.63) is 0 Å². The highest BCUT2D eigenvalue weighted by Gasteiger charge is 2.25. The molecule has 0 radical (unpaired) electrons. The molecular weight excluding hydrogens is 406 g/mol. The van der Waals surface area contributed by atoms with Crippen molar-refractivity contribution in [3.8, 4) is 0 Å². The summed E-state index contributed by atoms with van der Waals surface area (Å²) in [7, 11) is 0. The Morgan fingerprint density at radius 1 is 0.321 bits per heavy atom. The third-order valence-electron chi connectivity index (χ3n) is 6.44. The fourth-order valence-electron chi connectivity index (χ4n) is 4.47. The summed E-state index contributed by atoms with van der Waals surface area (Å²) in [5.41, 5.74) is 0. The first-order valence-electron chi connectivity index (χ1n) is 13.1. The van der Waals surface area contributed by atoms with Gasteiger partial charge in [-0.2, -0.15) is 0 Å². The molecule has 0 N–H and O–H groups in total. The van der Waals surface area contributed by atoms with Crippen molar-refractivity contribution in [3.63, 3.8) is 0 Å². The molecule has 0 bridgehead atoms. The van der Waals surface area contributed by atoms with Gasteiger partial charge in [-0.05, 0) is 38.5 Å². The molecule has 172 valence electrons. The number of unbranched alkanes of at least 4 members (excludes halogenated alkanes) is 14. The Balaban J connectivity index is 0. The van der Waals surface area contributed by atoms with Gasteiger partial charge in [-0.3, -0.25) is 0 Å². The SMILES string of the molecule is CCCCCCCCC[N+](CCCC)(CCCC)CCCCCCCCC.[Br-]. The number of rotatable bonds is 22. The molecule has 2 heteroatoms. The number of halogens is 1. The third-order valence-corrected chi connectivity index (χ3v) is 6.44. The van der Waals surface area contributed by atoms with Gasteiger partial charge in [-0.1, -0.05) is 105 Å². The second-order valence-corrected chi connectivity index (χ2v) is 9.19. The van der Waals surface area contributed by atoms with E-state index in [4.69, 9.17) is 0 Å². The maximum Gasteiger partial charge on any atom is 0.0786 e. The van der Waals surface area contributed by atoms with Crippen molar-refractivity contribution < 1.29 is 21.5 Å². The van der Waals surface area contributed by atoms with Gasteiger partial charge in [0.2, 0.25) is 0 Å². The molecule has 0 heterocycles. The van der Waals surface area contributed by atoms with Crippen LogP contribution in [0.2, 0.25) is 0 Å². The summed E-state index contributed by atoms with van der Waals surface area (Å²) in [6, 6.07) is 0. The molecule has 0 atom stereocenters. The van der Waals surface area contributed by atoms with Crippen LogP contribution in [-0.2, 0) is 0 Å². The second-order valence-electron chi connectivity index (χ2n) is 9.19. The molecule has 0 aromatic rings. The van der Waals surface area contributed by atoms with E-state index in [-0.39, 0.29) is 17.0 Å². The maximum atomic E-state index is 2.37. The van der Waals surface area contributed by atoms with Crippen LogP contribution in [0.4, 0.5) is 0 Å². The topological polar surface area (TPSA) is 0 Å². The molecule has 28 heavy (non-hydrogen) atoms. The highest BCUT2D eigenvalue weighted by molar-refractivity contribution is 4.53. The van der Waals surface area contributed by atoms with Crippen LogP contribution in [-0.4, -0.2) is 30.7 Å². The van der Waals surface area contributed by atoms with E-state index in [0.29, 0.717) is 0 Å². The van der Waals surface area contributed by atoms with Crippen molar-refractivity contribution in [2.75, 3.05) is 26.2 Å². The van der Waals surface area contributed by atoms with Crippen LogP contribution in [0.1, 0.15) is 143 Å². The minimum Gasteiger partial charge on any atom is -1.00 e. The van der Waals surface area contributed by atoms with Crippen LogP contribution in [0.15, 0.2) is 0 Å². The Morgan fingerprint density at radius 2 is 0.571 bits per heavy atom. The van der Waals surface area contributed by atoms with Crippen LogP contribution in [0.25, 0.3) is 0 Å². The summed E-state index contributed by atoms with van der Waals surface area (Å²) in [6.07, 6.45) is 25.9. The van der Waals surface area contributed by atoms with E-state index in [1.807, 2.05) is 0 Å². The molecule has 0 fully saturated rings. The smallest absolute Gasteiger partial charge is 0.0786 e. The second kappa shape index (κ2) is 23.7. The molecule has 0 saturated heterocycles. The van der Waals surface area contributed by atoms with Gasteiger partial charge in [0.05, 0.1) is 26.2 Å². The predicted molar refractivity (Wildman–Crippen MR) is 126 cm³/mol. The van der Waals surface area contributed by atoms with E-state index < -0.39 is 0 Å². The van der Waals surface area contributed by atoms with Crippen molar-refractivity contribution >= 4 is 0 Å². The van der Waals surface area contributed by atoms with Gasteiger partial charge in [-0.25, -0.2) is 0 Å². The zero-order chi connectivity index (χ0) is 20.1. The standard InChI is InChI=1S/C26H56N.BrH/c1-5-9-13-15-17-19-21-25-27(23-11-7-3,24-12-8-4)26-22-20-18-16-14-10-6-2;/h5-26H2,1-4H3;1H/q+1;/p-1. The lowest BCUT2D eigenvalue weighted by Crippen LogP contribution is -3.00. The molecule has 0 spiro atoms. The van der Waals surface area contributed by atoms with Crippen molar-refractivity contribution in [2.24, 2.45) is 0 Å². The Labute approximate surface area is 190 Å². The number of hydrogen-bond acceptors (Lipinski definition) is 0. The van der Waals surface area contributed by atoms with E-state index in [2.05, 4.69) is 27.7 Å². The Hall–Kier alpha value is 0.440. The average molecular weight is 463 g/mol. The first-order valence-corrected chi connectivity index (χ1v) is 13.1. The third kappa shape index (κ3) is 18.5. The van der Waals surface area contributed by atoms with E-state index in [0.717, 1.165) is 0 Å². The van der Waals surface area contributed by atoms with Crippen molar-refractivity contribution in [1.29, 1.82) is 0 Å². The fraction of sp³-hybridized carbons (Fsp3) is 1.00. The minimum atomic E-state index is 0. The summed E-state index contributed by atoms with van der Waals surface area (Å²) < 4.78 is 1.45. The Bertz CT molecular complexity index is 252. The van der Waals surface area contributed by atoms with Crippen LogP contribution in [0.3, 0.4) is 0 Å². The fourth-order valence-corrected chi connectivity index (χ4v) is 4.47. The number of nitrogens with zero attached hydrogens (tertiary/aromatic N) is 1. The first-order chi connectivity index (χ1) is 13.2. The van der Waals surface area contributed by atoms with E-state index >= 15 is 0 Å². The van der Waals surface area contributed by atoms with Crippen molar-refractivity contribution in [1.82, 2.24) is 0 Å². The largest absolute Gasteiger partial charge is 1.00 e. The van der Waals surface area contributed by atoms with Crippen LogP contribution < -0.4 is 17.0 Å². The Morgan fingerprint density at radius 3 is 0.893 bits per heavy atom. The zero-order valence-corrected chi connectivity index (χ0v) is 22.0. The van der Waals surface area contributed by atoms with Crippen LogP contribution >= 0.6 is 0 Å². The summed E-state index contributed by atoms with van der Waals surface area (Å²) in [5, 5.41) is 0. The molecule has 0 rings (SSSR count). The highest BCUT2D eigenvalue weighted by atomic mass is 79.9. The summed E-state index contributed by atoms with van der Waals surface area (Å²) in [4.78, 5) is 0. The quantitative estimate of drug-likeness (QED) is 0.139. The summed E-state index contributed by atoms with van der Waals surface area (Å²) in [6.45, 7) is 15.2. The van der Waals surface area contributed by atoms with E-state index in [9.17, 15) is 0 Å².